The molecule has 0 aliphatic carbocycles. The van der Waals surface area contributed by atoms with E-state index in [9.17, 15) is 4.39 Å². The van der Waals surface area contributed by atoms with E-state index in [2.05, 4.69) is 25.8 Å². The topological polar surface area (TPSA) is 29.3 Å². The van der Waals surface area contributed by atoms with Gasteiger partial charge in [-0.25, -0.2) is 9.37 Å². The second-order valence-electron chi connectivity index (χ2n) is 5.00. The van der Waals surface area contributed by atoms with Crippen LogP contribution in [-0.4, -0.2) is 16.9 Å². The molecule has 5 heteroatoms. The predicted molar refractivity (Wildman–Crippen MR) is 83.3 cm³/mol. The molecule has 0 saturated carbocycles. The first-order valence-electron chi connectivity index (χ1n) is 6.59. The van der Waals surface area contributed by atoms with Gasteiger partial charge in [-0.2, -0.15) is 0 Å². The van der Waals surface area contributed by atoms with Gasteiger partial charge in [0.15, 0.2) is 5.58 Å². The van der Waals surface area contributed by atoms with E-state index in [-0.39, 0.29) is 5.82 Å². The van der Waals surface area contributed by atoms with Crippen molar-refractivity contribution in [1.82, 2.24) is 9.88 Å². The third-order valence-corrected chi connectivity index (χ3v) is 3.79. The number of halogens is 2. The molecule has 0 N–H and O–H groups in total. The van der Waals surface area contributed by atoms with Crippen LogP contribution in [0.4, 0.5) is 4.39 Å². The number of benzene rings is 2. The Morgan fingerprint density at radius 1 is 1.19 bits per heavy atom. The van der Waals surface area contributed by atoms with Gasteiger partial charge in [-0.3, -0.25) is 4.90 Å². The Labute approximate surface area is 130 Å². The number of rotatable bonds is 4. The van der Waals surface area contributed by atoms with Crippen LogP contribution in [0.2, 0.25) is 0 Å². The second kappa shape index (κ2) is 5.95. The second-order valence-corrected chi connectivity index (χ2v) is 5.85. The van der Waals surface area contributed by atoms with E-state index in [1.165, 1.54) is 6.07 Å². The van der Waals surface area contributed by atoms with Crippen LogP contribution in [0.5, 0.6) is 0 Å². The van der Waals surface area contributed by atoms with E-state index >= 15 is 0 Å². The van der Waals surface area contributed by atoms with Gasteiger partial charge in [0.05, 0.1) is 11.0 Å². The van der Waals surface area contributed by atoms with Crippen molar-refractivity contribution >= 4 is 27.0 Å². The number of oxazole rings is 1. The maximum atomic E-state index is 13.2. The highest BCUT2D eigenvalue weighted by Crippen LogP contribution is 2.19. The Kier molecular flexibility index (Phi) is 4.03. The van der Waals surface area contributed by atoms with E-state index < -0.39 is 0 Å². The zero-order chi connectivity index (χ0) is 14.8. The lowest BCUT2D eigenvalue weighted by molar-refractivity contribution is 0.285. The molecular formula is C16H14BrFN2O. The van der Waals surface area contributed by atoms with Gasteiger partial charge < -0.3 is 4.42 Å². The summed E-state index contributed by atoms with van der Waals surface area (Å²) < 4.78 is 19.4. The van der Waals surface area contributed by atoms with Crippen molar-refractivity contribution in [2.24, 2.45) is 0 Å². The van der Waals surface area contributed by atoms with Crippen LogP contribution in [0.1, 0.15) is 11.5 Å². The molecule has 21 heavy (non-hydrogen) atoms. The summed E-state index contributed by atoms with van der Waals surface area (Å²) in [6, 6.07) is 12.7. The predicted octanol–water partition coefficient (Wildman–Crippen LogP) is 4.36. The fourth-order valence-corrected chi connectivity index (χ4v) is 2.65. The molecule has 0 saturated heterocycles. The van der Waals surface area contributed by atoms with Gasteiger partial charge in [-0.05, 0) is 52.8 Å². The first-order chi connectivity index (χ1) is 10.1. The molecule has 0 aliphatic heterocycles. The maximum absolute atomic E-state index is 13.2. The third kappa shape index (κ3) is 3.31. The standard InChI is InChI=1S/C16H14BrFN2O/c1-20(9-11-6-7-13(18)12(17)8-11)10-16-19-14-4-2-3-5-15(14)21-16/h2-8H,9-10H2,1H3. The van der Waals surface area contributed by atoms with Crippen molar-refractivity contribution in [3.63, 3.8) is 0 Å². The van der Waals surface area contributed by atoms with Crippen molar-refractivity contribution < 1.29 is 8.81 Å². The van der Waals surface area contributed by atoms with Gasteiger partial charge in [-0.15, -0.1) is 0 Å². The zero-order valence-electron chi connectivity index (χ0n) is 11.5. The number of aromatic nitrogens is 1. The largest absolute Gasteiger partial charge is 0.439 e. The number of hydrogen-bond donors (Lipinski definition) is 0. The fourth-order valence-electron chi connectivity index (χ4n) is 2.22. The number of para-hydroxylation sites is 2. The minimum absolute atomic E-state index is 0.250. The number of nitrogens with zero attached hydrogens (tertiary/aromatic N) is 2. The monoisotopic (exact) mass is 348 g/mol. The quantitative estimate of drug-likeness (QED) is 0.701. The summed E-state index contributed by atoms with van der Waals surface area (Å²) in [5, 5.41) is 0. The zero-order valence-corrected chi connectivity index (χ0v) is 13.1. The van der Waals surface area contributed by atoms with Gasteiger partial charge >= 0.3 is 0 Å². The molecule has 2 aromatic carbocycles. The summed E-state index contributed by atoms with van der Waals surface area (Å²) in [6.07, 6.45) is 0. The summed E-state index contributed by atoms with van der Waals surface area (Å²) >= 11 is 3.20. The Hall–Kier alpha value is -1.72. The van der Waals surface area contributed by atoms with Gasteiger partial charge in [-0.1, -0.05) is 18.2 Å². The van der Waals surface area contributed by atoms with Crippen LogP contribution >= 0.6 is 15.9 Å². The summed E-state index contributed by atoms with van der Waals surface area (Å²) in [5.41, 5.74) is 2.69. The van der Waals surface area contributed by atoms with E-state index in [0.717, 1.165) is 16.7 Å². The minimum atomic E-state index is -0.250. The fraction of sp³-hybridized carbons (Fsp3) is 0.188. The molecule has 3 nitrogen and oxygen atoms in total. The average Bonchev–Trinajstić information content (AvgIpc) is 2.84. The molecule has 3 aromatic rings. The van der Waals surface area contributed by atoms with Gasteiger partial charge in [0.25, 0.3) is 0 Å². The first-order valence-corrected chi connectivity index (χ1v) is 7.38. The molecular weight excluding hydrogens is 335 g/mol. The van der Waals surface area contributed by atoms with Crippen molar-refractivity contribution in [2.75, 3.05) is 7.05 Å². The minimum Gasteiger partial charge on any atom is -0.439 e. The van der Waals surface area contributed by atoms with E-state index in [1.54, 1.807) is 12.1 Å². The van der Waals surface area contributed by atoms with Gasteiger partial charge in [0.2, 0.25) is 5.89 Å². The van der Waals surface area contributed by atoms with E-state index in [0.29, 0.717) is 23.5 Å². The van der Waals surface area contributed by atoms with Crippen molar-refractivity contribution in [3.05, 3.63) is 64.2 Å². The number of fused-ring (bicyclic) bond motifs is 1. The molecule has 0 atom stereocenters. The summed E-state index contributed by atoms with van der Waals surface area (Å²) in [5.74, 6) is 0.431. The Balaban J connectivity index is 1.70. The van der Waals surface area contributed by atoms with Crippen molar-refractivity contribution in [2.45, 2.75) is 13.1 Å². The smallest absolute Gasteiger partial charge is 0.209 e. The summed E-state index contributed by atoms with van der Waals surface area (Å²) in [4.78, 5) is 6.52. The van der Waals surface area contributed by atoms with Crippen LogP contribution < -0.4 is 0 Å². The molecule has 108 valence electrons. The Bertz CT molecular complexity index is 739. The highest BCUT2D eigenvalue weighted by atomic mass is 79.9. The van der Waals surface area contributed by atoms with Crippen LogP contribution in [0.15, 0.2) is 51.4 Å². The first kappa shape index (κ1) is 14.2. The van der Waals surface area contributed by atoms with Crippen LogP contribution in [0.25, 0.3) is 11.1 Å². The molecule has 0 radical (unpaired) electrons. The van der Waals surface area contributed by atoms with E-state index in [4.69, 9.17) is 4.42 Å². The van der Waals surface area contributed by atoms with Crippen LogP contribution in [0.3, 0.4) is 0 Å². The molecule has 0 unspecified atom stereocenters. The Morgan fingerprint density at radius 2 is 2.00 bits per heavy atom. The lowest BCUT2D eigenvalue weighted by Crippen LogP contribution is -2.17. The lowest BCUT2D eigenvalue weighted by atomic mass is 10.2. The van der Waals surface area contributed by atoms with Crippen molar-refractivity contribution in [1.29, 1.82) is 0 Å². The highest BCUT2D eigenvalue weighted by molar-refractivity contribution is 9.10. The lowest BCUT2D eigenvalue weighted by Gasteiger charge is -2.14. The average molecular weight is 349 g/mol. The third-order valence-electron chi connectivity index (χ3n) is 3.18. The van der Waals surface area contributed by atoms with Gasteiger partial charge in [0, 0.05) is 6.54 Å². The highest BCUT2D eigenvalue weighted by Gasteiger charge is 2.09. The number of hydrogen-bond acceptors (Lipinski definition) is 3. The molecule has 0 spiro atoms. The molecule has 0 bridgehead atoms. The summed E-state index contributed by atoms with van der Waals surface area (Å²) in [7, 11) is 1.98. The van der Waals surface area contributed by atoms with Crippen LogP contribution in [-0.2, 0) is 13.1 Å². The summed E-state index contributed by atoms with van der Waals surface area (Å²) in [6.45, 7) is 1.29. The molecule has 3 rings (SSSR count). The normalized spacial score (nSPS) is 11.4. The molecule has 0 aliphatic rings. The SMILES string of the molecule is CN(Cc1ccc(F)c(Br)c1)Cc1nc2ccccc2o1. The molecule has 0 fully saturated rings. The maximum Gasteiger partial charge on any atom is 0.209 e. The molecule has 1 heterocycles. The van der Waals surface area contributed by atoms with Crippen LogP contribution in [0, 0.1) is 5.82 Å². The molecule has 0 amide bonds. The van der Waals surface area contributed by atoms with Crippen molar-refractivity contribution in [3.8, 4) is 0 Å². The Morgan fingerprint density at radius 3 is 2.76 bits per heavy atom. The van der Waals surface area contributed by atoms with E-state index in [1.807, 2.05) is 31.3 Å². The molecule has 1 aromatic heterocycles. The van der Waals surface area contributed by atoms with Gasteiger partial charge in [0.1, 0.15) is 11.3 Å².